The maximum Gasteiger partial charge on any atom is 0.309 e. The smallest absolute Gasteiger partial charge is 0.309 e. The lowest BCUT2D eigenvalue weighted by Gasteiger charge is -1.97. The van der Waals surface area contributed by atoms with E-state index in [1.165, 1.54) is 13.3 Å². The van der Waals surface area contributed by atoms with Crippen molar-refractivity contribution in [1.29, 1.82) is 0 Å². The van der Waals surface area contributed by atoms with Crippen LogP contribution >= 0.6 is 0 Å². The summed E-state index contributed by atoms with van der Waals surface area (Å²) in [4.78, 5) is 19.7. The molecule has 0 aromatic rings. The van der Waals surface area contributed by atoms with Crippen molar-refractivity contribution in [2.45, 2.75) is 6.92 Å². The molecule has 4 nitrogen and oxygen atoms in total. The first kappa shape index (κ1) is 7.94. The highest BCUT2D eigenvalue weighted by Crippen LogP contribution is 1.57. The van der Waals surface area contributed by atoms with E-state index < -0.39 is 0 Å². The molecule has 0 saturated heterocycles. The highest BCUT2D eigenvalue weighted by Gasteiger charge is 1.86. The van der Waals surface area contributed by atoms with Crippen LogP contribution in [0.1, 0.15) is 6.92 Å². The minimum atomic E-state index is -0.0947. The normalized spacial score (nSPS) is 8.11. The van der Waals surface area contributed by atoms with Crippen LogP contribution in [0.4, 0.5) is 0 Å². The molecule has 9 heavy (non-hydrogen) atoms. The van der Waals surface area contributed by atoms with Crippen molar-refractivity contribution in [2.24, 2.45) is 0 Å². The van der Waals surface area contributed by atoms with E-state index in [4.69, 9.17) is 0 Å². The third-order valence-corrected chi connectivity index (χ3v) is 0.696. The van der Waals surface area contributed by atoms with Crippen LogP contribution < -0.4 is 10.6 Å². The third-order valence-electron chi connectivity index (χ3n) is 0.696. The quantitative estimate of drug-likeness (QED) is 0.369. The molecular weight excluding hydrogens is 120 g/mol. The fraction of sp³-hybridized carbons (Fsp3) is 0.600. The predicted octanol–water partition coefficient (Wildman–Crippen LogP) is -1.22. The van der Waals surface area contributed by atoms with Gasteiger partial charge in [0.05, 0.1) is 0 Å². The first-order valence-corrected chi connectivity index (χ1v) is 2.62. The summed E-state index contributed by atoms with van der Waals surface area (Å²) in [6.45, 7) is 2.32. The topological polar surface area (TPSA) is 58.2 Å². The molecule has 0 aliphatic heterocycles. The number of hydrogen-bond acceptors (Lipinski definition) is 2. The maximum absolute atomic E-state index is 10.2. The summed E-state index contributed by atoms with van der Waals surface area (Å²) >= 11 is 0. The zero-order valence-electron chi connectivity index (χ0n) is 5.23. The molecule has 0 fully saturated rings. The summed E-state index contributed by atoms with van der Waals surface area (Å²) in [7, 11) is 0. The average molecular weight is 129 g/mol. The minimum Gasteiger partial charge on any atom is -0.355 e. The molecule has 0 aliphatic carbocycles. The molecule has 2 N–H and O–H groups in total. The predicted molar refractivity (Wildman–Crippen MR) is 32.4 cm³/mol. The van der Waals surface area contributed by atoms with Crippen molar-refractivity contribution >= 4 is 12.3 Å². The number of carbonyl (C=O) groups excluding carboxylic acids is 2. The Kier molecular flexibility index (Phi) is 4.49. The Morgan fingerprint density at radius 1 is 1.56 bits per heavy atom. The molecule has 4 heteroatoms. The number of rotatable bonds is 4. The van der Waals surface area contributed by atoms with E-state index in [1.54, 1.807) is 0 Å². The Balaban J connectivity index is 2.91. The van der Waals surface area contributed by atoms with Crippen molar-refractivity contribution in [3.63, 3.8) is 0 Å². The molecule has 0 aromatic heterocycles. The molecule has 0 spiro atoms. The van der Waals surface area contributed by atoms with Gasteiger partial charge >= 0.3 is 6.41 Å². The van der Waals surface area contributed by atoms with Crippen LogP contribution in [0.5, 0.6) is 0 Å². The van der Waals surface area contributed by atoms with Crippen LogP contribution in [-0.4, -0.2) is 25.4 Å². The minimum absolute atomic E-state index is 0.0947. The Labute approximate surface area is 53.6 Å². The summed E-state index contributed by atoms with van der Waals surface area (Å²) < 4.78 is 0. The van der Waals surface area contributed by atoms with Gasteiger partial charge in [0.25, 0.3) is 0 Å². The fourth-order valence-electron chi connectivity index (χ4n) is 0.352. The highest BCUT2D eigenvalue weighted by molar-refractivity contribution is 5.72. The van der Waals surface area contributed by atoms with E-state index in [0.29, 0.717) is 13.1 Å². The first-order valence-electron chi connectivity index (χ1n) is 2.62. The van der Waals surface area contributed by atoms with E-state index in [2.05, 4.69) is 10.6 Å². The van der Waals surface area contributed by atoms with Crippen molar-refractivity contribution in [3.8, 4) is 0 Å². The van der Waals surface area contributed by atoms with Crippen LogP contribution in [-0.2, 0) is 9.59 Å². The molecule has 0 saturated carbocycles. The number of nitrogens with one attached hydrogen (secondary N) is 2. The van der Waals surface area contributed by atoms with Crippen molar-refractivity contribution in [3.05, 3.63) is 0 Å². The Morgan fingerprint density at radius 2 is 2.22 bits per heavy atom. The molecule has 51 valence electrons. The van der Waals surface area contributed by atoms with Crippen LogP contribution in [0.25, 0.3) is 0 Å². The molecule has 1 radical (unpaired) electrons. The summed E-state index contributed by atoms with van der Waals surface area (Å²) in [5, 5.41) is 4.78. The Hall–Kier alpha value is -1.06. The van der Waals surface area contributed by atoms with Gasteiger partial charge in [0.15, 0.2) is 0 Å². The summed E-state index contributed by atoms with van der Waals surface area (Å²) in [5.74, 6) is -0.0947. The monoisotopic (exact) mass is 129 g/mol. The second-order valence-electron chi connectivity index (χ2n) is 1.51. The van der Waals surface area contributed by atoms with Gasteiger partial charge in [-0.1, -0.05) is 0 Å². The molecular formula is C5H9N2O2. The van der Waals surface area contributed by atoms with Gasteiger partial charge in [0, 0.05) is 20.0 Å². The van der Waals surface area contributed by atoms with Gasteiger partial charge in [0.2, 0.25) is 5.91 Å². The van der Waals surface area contributed by atoms with Gasteiger partial charge < -0.3 is 10.6 Å². The molecule has 0 unspecified atom stereocenters. The fourth-order valence-corrected chi connectivity index (χ4v) is 0.352. The average Bonchev–Trinajstić information content (AvgIpc) is 1.80. The van der Waals surface area contributed by atoms with Crippen molar-refractivity contribution < 1.29 is 9.59 Å². The maximum atomic E-state index is 10.2. The lowest BCUT2D eigenvalue weighted by atomic mass is 10.6. The summed E-state index contributed by atoms with van der Waals surface area (Å²) in [6, 6.07) is 0. The van der Waals surface area contributed by atoms with E-state index in [9.17, 15) is 9.59 Å². The second-order valence-corrected chi connectivity index (χ2v) is 1.51. The third kappa shape index (κ3) is 6.94. The zero-order valence-corrected chi connectivity index (χ0v) is 5.23. The Morgan fingerprint density at radius 3 is 2.67 bits per heavy atom. The molecule has 0 atom stereocenters. The van der Waals surface area contributed by atoms with Gasteiger partial charge in [-0.3, -0.25) is 9.59 Å². The van der Waals surface area contributed by atoms with Crippen LogP contribution in [0.2, 0.25) is 0 Å². The number of hydrogen-bond donors (Lipinski definition) is 2. The van der Waals surface area contributed by atoms with Gasteiger partial charge in [-0.05, 0) is 0 Å². The summed E-state index contributed by atoms with van der Waals surface area (Å²) in [6.07, 6.45) is 1.49. The molecule has 2 amide bonds. The molecule has 0 aliphatic rings. The lowest BCUT2D eigenvalue weighted by molar-refractivity contribution is -0.118. The standard InChI is InChI=1S/C5H9N2O2/c1-5(9)7-3-2-6-4-8/h2-3H2,1H3,(H,6,8)(H,7,9). The highest BCUT2D eigenvalue weighted by atomic mass is 16.1. The number of carbonyl (C=O) groups is 1. The molecule has 0 rings (SSSR count). The van der Waals surface area contributed by atoms with Crippen LogP contribution in [0, 0.1) is 0 Å². The van der Waals surface area contributed by atoms with E-state index in [-0.39, 0.29) is 5.91 Å². The Bertz CT molecular complexity index is 103. The molecule has 0 bridgehead atoms. The van der Waals surface area contributed by atoms with Crippen LogP contribution in [0.15, 0.2) is 0 Å². The molecule has 0 aromatic carbocycles. The van der Waals surface area contributed by atoms with Gasteiger partial charge in [-0.15, -0.1) is 0 Å². The zero-order chi connectivity index (χ0) is 7.11. The van der Waals surface area contributed by atoms with E-state index in [1.807, 2.05) is 0 Å². The van der Waals surface area contributed by atoms with E-state index in [0.717, 1.165) is 0 Å². The first-order chi connectivity index (χ1) is 4.27. The van der Waals surface area contributed by atoms with Crippen LogP contribution in [0.3, 0.4) is 0 Å². The second kappa shape index (κ2) is 5.08. The van der Waals surface area contributed by atoms with Gasteiger partial charge in [-0.2, -0.15) is 0 Å². The van der Waals surface area contributed by atoms with Crippen molar-refractivity contribution in [2.75, 3.05) is 13.1 Å². The van der Waals surface area contributed by atoms with Gasteiger partial charge in [0.1, 0.15) is 0 Å². The summed E-state index contributed by atoms with van der Waals surface area (Å²) in [5.41, 5.74) is 0. The number of amides is 2. The lowest BCUT2D eigenvalue weighted by Crippen LogP contribution is -2.29. The van der Waals surface area contributed by atoms with Crippen molar-refractivity contribution in [1.82, 2.24) is 10.6 Å². The SMILES string of the molecule is CC(=O)NCCN[C]=O. The molecule has 0 heterocycles. The van der Waals surface area contributed by atoms with E-state index >= 15 is 0 Å². The largest absolute Gasteiger partial charge is 0.355 e. The van der Waals surface area contributed by atoms with Gasteiger partial charge in [-0.25, -0.2) is 0 Å².